The summed E-state index contributed by atoms with van der Waals surface area (Å²) in [6.45, 7) is 2.58. The van der Waals surface area contributed by atoms with Gasteiger partial charge in [-0.1, -0.05) is 30.3 Å². The summed E-state index contributed by atoms with van der Waals surface area (Å²) < 4.78 is 2.34. The lowest BCUT2D eigenvalue weighted by Crippen LogP contribution is -2.24. The number of benzene rings is 2. The fourth-order valence-corrected chi connectivity index (χ4v) is 3.46. The highest BCUT2D eigenvalue weighted by Crippen LogP contribution is 2.30. The minimum Gasteiger partial charge on any atom is -0.478 e. The molecule has 116 valence electrons. The molecular formula is C19H18N2O2. The molecule has 3 aromatic rings. The highest BCUT2D eigenvalue weighted by Gasteiger charge is 2.20. The Morgan fingerprint density at radius 1 is 1.17 bits per heavy atom. The number of carboxylic acids is 1. The summed E-state index contributed by atoms with van der Waals surface area (Å²) >= 11 is 0. The molecule has 2 aromatic carbocycles. The number of nitrogens with one attached hydrogen (secondary N) is 1. The van der Waals surface area contributed by atoms with Gasteiger partial charge in [0, 0.05) is 42.7 Å². The van der Waals surface area contributed by atoms with E-state index >= 15 is 0 Å². The molecule has 0 unspecified atom stereocenters. The van der Waals surface area contributed by atoms with Gasteiger partial charge in [-0.3, -0.25) is 0 Å². The summed E-state index contributed by atoms with van der Waals surface area (Å²) in [5.74, 6) is -0.875. The summed E-state index contributed by atoms with van der Waals surface area (Å²) in [5.41, 5.74) is 5.29. The van der Waals surface area contributed by atoms with Crippen molar-refractivity contribution in [3.63, 3.8) is 0 Å². The second-order valence-corrected chi connectivity index (χ2v) is 5.96. The van der Waals surface area contributed by atoms with Crippen molar-refractivity contribution >= 4 is 16.9 Å². The highest BCUT2D eigenvalue weighted by atomic mass is 16.4. The van der Waals surface area contributed by atoms with Crippen LogP contribution in [0.15, 0.2) is 48.5 Å². The molecule has 0 aliphatic carbocycles. The highest BCUT2D eigenvalue weighted by molar-refractivity contribution is 5.95. The first-order chi connectivity index (χ1) is 11.2. The molecule has 1 aliphatic rings. The van der Waals surface area contributed by atoms with Gasteiger partial charge in [-0.15, -0.1) is 0 Å². The molecule has 1 aliphatic heterocycles. The lowest BCUT2D eigenvalue weighted by atomic mass is 10.0. The molecule has 4 rings (SSSR count). The van der Waals surface area contributed by atoms with Crippen LogP contribution in [-0.4, -0.2) is 22.2 Å². The minimum absolute atomic E-state index is 0.350. The van der Waals surface area contributed by atoms with Gasteiger partial charge in [-0.2, -0.15) is 0 Å². The maximum Gasteiger partial charge on any atom is 0.335 e. The number of fused-ring (bicyclic) bond motifs is 3. The lowest BCUT2D eigenvalue weighted by Gasteiger charge is -2.17. The van der Waals surface area contributed by atoms with Crippen molar-refractivity contribution in [3.05, 3.63) is 70.9 Å². The van der Waals surface area contributed by atoms with Crippen molar-refractivity contribution in [1.82, 2.24) is 9.88 Å². The zero-order valence-electron chi connectivity index (χ0n) is 12.7. The molecule has 0 saturated carbocycles. The van der Waals surface area contributed by atoms with Crippen molar-refractivity contribution < 1.29 is 9.90 Å². The van der Waals surface area contributed by atoms with Crippen molar-refractivity contribution in [2.24, 2.45) is 0 Å². The Balaban J connectivity index is 1.90. The van der Waals surface area contributed by atoms with Gasteiger partial charge in [-0.05, 0) is 29.3 Å². The number of carboxylic acid groups (broad SMARTS) is 1. The maximum atomic E-state index is 11.3. The molecule has 2 heterocycles. The monoisotopic (exact) mass is 306 g/mol. The fourth-order valence-electron chi connectivity index (χ4n) is 3.46. The van der Waals surface area contributed by atoms with E-state index < -0.39 is 5.97 Å². The first-order valence-electron chi connectivity index (χ1n) is 7.86. The van der Waals surface area contributed by atoms with Gasteiger partial charge < -0.3 is 15.0 Å². The third-order valence-electron chi connectivity index (χ3n) is 4.56. The third-order valence-corrected chi connectivity index (χ3v) is 4.56. The van der Waals surface area contributed by atoms with Crippen LogP contribution in [-0.2, 0) is 19.5 Å². The van der Waals surface area contributed by atoms with Gasteiger partial charge in [0.2, 0.25) is 0 Å². The Bertz CT molecular complexity index is 881. The minimum atomic E-state index is -0.875. The smallest absolute Gasteiger partial charge is 0.335 e. The van der Waals surface area contributed by atoms with E-state index in [0.29, 0.717) is 5.56 Å². The standard InChI is InChI=1S/C19H18N2O2/c22-19(23)14-6-7-17-15(10-14)16-11-20-9-8-18(16)21(17)12-13-4-2-1-3-5-13/h1-7,10,20H,8-9,11-12H2,(H,22,23). The average Bonchev–Trinajstić information content (AvgIpc) is 2.90. The van der Waals surface area contributed by atoms with Crippen molar-refractivity contribution in [1.29, 1.82) is 0 Å². The van der Waals surface area contributed by atoms with Gasteiger partial charge in [0.15, 0.2) is 0 Å². The molecule has 0 amide bonds. The van der Waals surface area contributed by atoms with E-state index in [1.807, 2.05) is 18.2 Å². The van der Waals surface area contributed by atoms with Crippen LogP contribution in [0.3, 0.4) is 0 Å². The SMILES string of the molecule is O=C(O)c1ccc2c(c1)c1c(n2Cc2ccccc2)CCNC1. The van der Waals surface area contributed by atoms with Gasteiger partial charge in [0.05, 0.1) is 5.56 Å². The van der Waals surface area contributed by atoms with Crippen molar-refractivity contribution in [2.75, 3.05) is 6.54 Å². The molecule has 0 saturated heterocycles. The van der Waals surface area contributed by atoms with Crippen LogP contribution in [0.5, 0.6) is 0 Å². The number of hydrogen-bond acceptors (Lipinski definition) is 2. The van der Waals surface area contributed by atoms with Crippen LogP contribution < -0.4 is 5.32 Å². The molecule has 23 heavy (non-hydrogen) atoms. The van der Waals surface area contributed by atoms with Crippen LogP contribution in [0.1, 0.15) is 27.2 Å². The quantitative estimate of drug-likeness (QED) is 0.782. The molecule has 0 radical (unpaired) electrons. The molecule has 2 N–H and O–H groups in total. The third kappa shape index (κ3) is 2.41. The summed E-state index contributed by atoms with van der Waals surface area (Å²) in [6, 6.07) is 15.8. The summed E-state index contributed by atoms with van der Waals surface area (Å²) in [4.78, 5) is 11.3. The second-order valence-electron chi connectivity index (χ2n) is 5.96. The predicted octanol–water partition coefficient (Wildman–Crippen LogP) is 3.03. The molecule has 4 nitrogen and oxygen atoms in total. The number of carbonyl (C=O) groups is 1. The van der Waals surface area contributed by atoms with E-state index in [4.69, 9.17) is 0 Å². The molecule has 0 spiro atoms. The number of aromatic carboxylic acids is 1. The van der Waals surface area contributed by atoms with Crippen LogP contribution in [0.2, 0.25) is 0 Å². The number of nitrogens with zero attached hydrogens (tertiary/aromatic N) is 1. The van der Waals surface area contributed by atoms with Gasteiger partial charge in [0.1, 0.15) is 0 Å². The molecule has 0 fully saturated rings. The molecular weight excluding hydrogens is 288 g/mol. The molecule has 4 heteroatoms. The van der Waals surface area contributed by atoms with Crippen molar-refractivity contribution in [3.8, 4) is 0 Å². The fraction of sp³-hybridized carbons (Fsp3) is 0.211. The largest absolute Gasteiger partial charge is 0.478 e. The average molecular weight is 306 g/mol. The Kier molecular flexibility index (Phi) is 3.39. The van der Waals surface area contributed by atoms with Gasteiger partial charge >= 0.3 is 5.97 Å². The zero-order chi connectivity index (χ0) is 15.8. The van der Waals surface area contributed by atoms with Crippen LogP contribution >= 0.6 is 0 Å². The van der Waals surface area contributed by atoms with E-state index in [-0.39, 0.29) is 0 Å². The molecule has 0 bridgehead atoms. The predicted molar refractivity (Wildman–Crippen MR) is 89.9 cm³/mol. The molecule has 1 aromatic heterocycles. The Hall–Kier alpha value is -2.59. The first-order valence-corrected chi connectivity index (χ1v) is 7.86. The van der Waals surface area contributed by atoms with E-state index in [0.717, 1.165) is 37.0 Å². The number of aromatic nitrogens is 1. The second kappa shape index (κ2) is 5.56. The number of hydrogen-bond donors (Lipinski definition) is 2. The maximum absolute atomic E-state index is 11.3. The normalized spacial score (nSPS) is 13.9. The number of rotatable bonds is 3. The Labute approximate surface area is 134 Å². The van der Waals surface area contributed by atoms with Gasteiger partial charge in [-0.25, -0.2) is 4.79 Å². The lowest BCUT2D eigenvalue weighted by molar-refractivity contribution is 0.0697. The first kappa shape index (κ1) is 14.0. The molecule has 0 atom stereocenters. The van der Waals surface area contributed by atoms with E-state index in [1.165, 1.54) is 16.8 Å². The zero-order valence-corrected chi connectivity index (χ0v) is 12.7. The van der Waals surface area contributed by atoms with E-state index in [9.17, 15) is 9.90 Å². The van der Waals surface area contributed by atoms with Crippen LogP contribution in [0.25, 0.3) is 10.9 Å². The van der Waals surface area contributed by atoms with Gasteiger partial charge in [0.25, 0.3) is 0 Å². The van der Waals surface area contributed by atoms with Crippen LogP contribution in [0, 0.1) is 0 Å². The van der Waals surface area contributed by atoms with Crippen LogP contribution in [0.4, 0.5) is 0 Å². The van der Waals surface area contributed by atoms with E-state index in [2.05, 4.69) is 34.1 Å². The topological polar surface area (TPSA) is 54.3 Å². The Morgan fingerprint density at radius 2 is 2.00 bits per heavy atom. The van der Waals surface area contributed by atoms with Crippen molar-refractivity contribution in [2.45, 2.75) is 19.5 Å². The Morgan fingerprint density at radius 3 is 2.78 bits per heavy atom. The summed E-state index contributed by atoms with van der Waals surface area (Å²) in [7, 11) is 0. The summed E-state index contributed by atoms with van der Waals surface area (Å²) in [6.07, 6.45) is 0.971. The van der Waals surface area contributed by atoms with E-state index in [1.54, 1.807) is 6.07 Å². The summed E-state index contributed by atoms with van der Waals surface area (Å²) in [5, 5.41) is 13.7.